The van der Waals surface area contributed by atoms with Gasteiger partial charge in [0.2, 0.25) is 0 Å². The van der Waals surface area contributed by atoms with E-state index in [1.165, 1.54) is 18.2 Å². The van der Waals surface area contributed by atoms with Crippen LogP contribution in [-0.2, 0) is 14.8 Å². The van der Waals surface area contributed by atoms with Crippen molar-refractivity contribution < 1.29 is 27.8 Å². The van der Waals surface area contributed by atoms with E-state index in [0.29, 0.717) is 25.2 Å². The zero-order valence-corrected chi connectivity index (χ0v) is 17.9. The van der Waals surface area contributed by atoms with Crippen LogP contribution in [0.3, 0.4) is 0 Å². The van der Waals surface area contributed by atoms with Gasteiger partial charge in [-0.2, -0.15) is 5.26 Å². The van der Waals surface area contributed by atoms with Crippen LogP contribution in [0.25, 0.3) is 0 Å². The van der Waals surface area contributed by atoms with Crippen LogP contribution in [0.15, 0.2) is 35.2 Å². The molecule has 2 aliphatic rings. The van der Waals surface area contributed by atoms with E-state index in [1.54, 1.807) is 6.07 Å². The van der Waals surface area contributed by atoms with E-state index in [4.69, 9.17) is 21.1 Å². The number of rotatable bonds is 7. The molecule has 2 aromatic carbocycles. The summed E-state index contributed by atoms with van der Waals surface area (Å²) < 4.78 is 40.3. The van der Waals surface area contributed by atoms with Gasteiger partial charge in [-0.1, -0.05) is 17.7 Å². The molecule has 2 fully saturated rings. The molecule has 2 aromatic rings. The van der Waals surface area contributed by atoms with Crippen LogP contribution in [0.2, 0.25) is 5.02 Å². The normalized spacial score (nSPS) is 18.4. The average Bonchev–Trinajstić information content (AvgIpc) is 3.46. The fraction of sp³-hybridized carbons (Fsp3) is 0.333. The summed E-state index contributed by atoms with van der Waals surface area (Å²) in [6.07, 6.45) is 2.04. The van der Waals surface area contributed by atoms with Gasteiger partial charge in [0.25, 0.3) is 10.0 Å². The molecular formula is C21H19ClN2O6S. The lowest BCUT2D eigenvalue weighted by Gasteiger charge is -2.19. The van der Waals surface area contributed by atoms with Crippen molar-refractivity contribution in [1.82, 2.24) is 0 Å². The van der Waals surface area contributed by atoms with E-state index in [0.717, 1.165) is 18.9 Å². The highest BCUT2D eigenvalue weighted by molar-refractivity contribution is 7.92. The Balaban J connectivity index is 1.75. The number of carboxylic acid groups (broad SMARTS) is 1. The van der Waals surface area contributed by atoms with Crippen molar-refractivity contribution in [3.05, 3.63) is 52.0 Å². The summed E-state index contributed by atoms with van der Waals surface area (Å²) >= 11 is 6.13. The van der Waals surface area contributed by atoms with Crippen LogP contribution in [0, 0.1) is 11.3 Å². The first-order chi connectivity index (χ1) is 14.8. The molecule has 10 heteroatoms. The number of benzene rings is 2. The number of hydrogen-bond donors (Lipinski definition) is 2. The molecule has 1 saturated carbocycles. The number of hydrogen-bond acceptors (Lipinski definition) is 6. The second-order valence-corrected chi connectivity index (χ2v) is 9.54. The molecule has 0 spiro atoms. The van der Waals surface area contributed by atoms with Crippen molar-refractivity contribution in [2.75, 3.05) is 17.9 Å². The van der Waals surface area contributed by atoms with Gasteiger partial charge in [-0.25, -0.2) is 13.2 Å². The summed E-state index contributed by atoms with van der Waals surface area (Å²) in [7, 11) is -4.18. The molecule has 1 heterocycles. The number of nitrogens with zero attached hydrogens (tertiary/aromatic N) is 1. The minimum atomic E-state index is -4.18. The van der Waals surface area contributed by atoms with Crippen LogP contribution in [0.4, 0.5) is 5.69 Å². The molecule has 1 atom stereocenters. The van der Waals surface area contributed by atoms with Crippen molar-refractivity contribution in [3.8, 4) is 11.8 Å². The second kappa shape index (κ2) is 8.38. The van der Waals surface area contributed by atoms with Gasteiger partial charge >= 0.3 is 5.97 Å². The van der Waals surface area contributed by atoms with E-state index < -0.39 is 16.0 Å². The van der Waals surface area contributed by atoms with Gasteiger partial charge in [0.15, 0.2) is 0 Å². The Bertz CT molecular complexity index is 1180. The summed E-state index contributed by atoms with van der Waals surface area (Å²) in [6.45, 7) is 0.888. The highest BCUT2D eigenvalue weighted by Crippen LogP contribution is 2.44. The second-order valence-electron chi connectivity index (χ2n) is 7.48. The molecule has 0 amide bonds. The first kappa shape index (κ1) is 21.4. The van der Waals surface area contributed by atoms with E-state index in [9.17, 15) is 23.6 Å². The van der Waals surface area contributed by atoms with Gasteiger partial charge in [0, 0.05) is 12.5 Å². The average molecular weight is 463 g/mol. The fourth-order valence-corrected chi connectivity index (χ4v) is 5.02. The largest absolute Gasteiger partial charge is 0.486 e. The van der Waals surface area contributed by atoms with E-state index in [1.807, 2.05) is 6.07 Å². The van der Waals surface area contributed by atoms with Crippen molar-refractivity contribution in [1.29, 1.82) is 5.26 Å². The minimum absolute atomic E-state index is 0.0512. The van der Waals surface area contributed by atoms with Crippen LogP contribution in [0.1, 0.15) is 46.7 Å². The maximum atomic E-state index is 13.3. The molecular weight excluding hydrogens is 444 g/mol. The Hall–Kier alpha value is -2.80. The summed E-state index contributed by atoms with van der Waals surface area (Å²) in [5, 5.41) is 18.8. The molecule has 8 nitrogen and oxygen atoms in total. The number of aromatic carboxylic acids is 1. The molecule has 0 bridgehead atoms. The van der Waals surface area contributed by atoms with Crippen molar-refractivity contribution in [2.45, 2.75) is 36.2 Å². The lowest BCUT2D eigenvalue weighted by atomic mass is 10.1. The third kappa shape index (κ3) is 4.61. The molecule has 1 aliphatic heterocycles. The van der Waals surface area contributed by atoms with Gasteiger partial charge in [0.05, 0.1) is 39.9 Å². The van der Waals surface area contributed by atoms with Crippen molar-refractivity contribution >= 4 is 33.3 Å². The fourth-order valence-electron chi connectivity index (χ4n) is 3.43. The lowest BCUT2D eigenvalue weighted by molar-refractivity contribution is 0.0696. The molecule has 1 aliphatic carbocycles. The molecule has 1 saturated heterocycles. The molecule has 0 aromatic heterocycles. The zero-order chi connectivity index (χ0) is 22.2. The number of carbonyl (C=O) groups is 1. The summed E-state index contributed by atoms with van der Waals surface area (Å²) in [6, 6.07) is 8.73. The monoisotopic (exact) mass is 462 g/mol. The first-order valence-corrected chi connectivity index (χ1v) is 11.5. The zero-order valence-electron chi connectivity index (χ0n) is 16.3. The van der Waals surface area contributed by atoms with Crippen LogP contribution < -0.4 is 9.46 Å². The minimum Gasteiger partial charge on any atom is -0.486 e. The topological polar surface area (TPSA) is 126 Å². The Morgan fingerprint density at radius 3 is 2.65 bits per heavy atom. The van der Waals surface area contributed by atoms with Gasteiger partial charge < -0.3 is 14.6 Å². The van der Waals surface area contributed by atoms with Crippen molar-refractivity contribution in [3.63, 3.8) is 0 Å². The number of nitriles is 1. The highest BCUT2D eigenvalue weighted by Gasteiger charge is 2.32. The number of anilines is 1. The van der Waals surface area contributed by atoms with Gasteiger partial charge in [0.1, 0.15) is 17.9 Å². The molecule has 2 N–H and O–H groups in total. The Labute approximate surface area is 184 Å². The predicted octanol–water partition coefficient (Wildman–Crippen LogP) is 3.76. The smallest absolute Gasteiger partial charge is 0.335 e. The van der Waals surface area contributed by atoms with Crippen LogP contribution >= 0.6 is 11.6 Å². The molecule has 4 rings (SSSR count). The standard InChI is InChI=1S/C21H19ClN2O6S/c22-17-9-19(30-15-5-6-29-11-15)18(7-14(17)10-23)24-31(27,28)20-8-13(21(25)26)3-4-16(20)12-1-2-12/h3-4,7-9,12,15,24H,1-2,5-6,11H2,(H,25,26). The lowest BCUT2D eigenvalue weighted by Crippen LogP contribution is -2.20. The van der Waals surface area contributed by atoms with Gasteiger partial charge in [-0.3, -0.25) is 4.72 Å². The number of carboxylic acids is 1. The molecule has 0 radical (unpaired) electrons. The summed E-state index contributed by atoms with van der Waals surface area (Å²) in [5.41, 5.74) is 0.572. The van der Waals surface area contributed by atoms with Crippen molar-refractivity contribution in [2.24, 2.45) is 0 Å². The third-order valence-electron chi connectivity index (χ3n) is 5.18. The number of nitrogens with one attached hydrogen (secondary N) is 1. The Kier molecular flexibility index (Phi) is 5.79. The number of halogens is 1. The maximum Gasteiger partial charge on any atom is 0.335 e. The first-order valence-electron chi connectivity index (χ1n) is 9.66. The van der Waals surface area contributed by atoms with E-state index in [2.05, 4.69) is 4.72 Å². The number of sulfonamides is 1. The number of ether oxygens (including phenoxy) is 2. The maximum absolute atomic E-state index is 13.3. The Morgan fingerprint density at radius 1 is 1.26 bits per heavy atom. The van der Waals surface area contributed by atoms with Crippen LogP contribution in [0.5, 0.6) is 5.75 Å². The molecule has 31 heavy (non-hydrogen) atoms. The molecule has 1 unspecified atom stereocenters. The predicted molar refractivity (Wildman–Crippen MR) is 112 cm³/mol. The summed E-state index contributed by atoms with van der Waals surface area (Å²) in [4.78, 5) is 11.3. The molecule has 162 valence electrons. The van der Waals surface area contributed by atoms with E-state index in [-0.39, 0.29) is 44.5 Å². The van der Waals surface area contributed by atoms with Crippen LogP contribution in [-0.4, -0.2) is 38.8 Å². The highest BCUT2D eigenvalue weighted by atomic mass is 35.5. The SMILES string of the molecule is N#Cc1cc(NS(=O)(=O)c2cc(C(=O)O)ccc2C2CC2)c(OC2CCOC2)cc1Cl. The Morgan fingerprint density at radius 2 is 2.03 bits per heavy atom. The summed E-state index contributed by atoms with van der Waals surface area (Å²) in [5.74, 6) is -0.978. The van der Waals surface area contributed by atoms with E-state index >= 15 is 0 Å². The van der Waals surface area contributed by atoms with Gasteiger partial charge in [-0.05, 0) is 42.5 Å². The quantitative estimate of drug-likeness (QED) is 0.641. The van der Waals surface area contributed by atoms with Gasteiger partial charge in [-0.15, -0.1) is 0 Å². The third-order valence-corrected chi connectivity index (χ3v) is 6.92.